The van der Waals surface area contributed by atoms with Crippen molar-refractivity contribution in [2.75, 3.05) is 19.6 Å². The molecule has 8 heteroatoms. The largest absolute Gasteiger partial charge is 0.509 e. The van der Waals surface area contributed by atoms with Crippen molar-refractivity contribution in [1.82, 2.24) is 3.71 Å². The SMILES string of the molecule is CCOC(=O)OCSN(C)S(=O)(=O)c1ccc(C)cc1. The Kier molecular flexibility index (Phi) is 6.31. The van der Waals surface area contributed by atoms with E-state index in [1.165, 1.54) is 19.2 Å². The zero-order valence-electron chi connectivity index (χ0n) is 11.5. The van der Waals surface area contributed by atoms with Crippen LogP contribution >= 0.6 is 11.9 Å². The molecule has 1 aromatic carbocycles. The van der Waals surface area contributed by atoms with Crippen molar-refractivity contribution in [3.05, 3.63) is 29.8 Å². The van der Waals surface area contributed by atoms with E-state index in [-0.39, 0.29) is 17.4 Å². The van der Waals surface area contributed by atoms with E-state index in [9.17, 15) is 13.2 Å². The average molecular weight is 319 g/mol. The van der Waals surface area contributed by atoms with Crippen LogP contribution in [0.25, 0.3) is 0 Å². The van der Waals surface area contributed by atoms with E-state index in [1.807, 2.05) is 6.92 Å². The molecule has 0 spiro atoms. The zero-order valence-corrected chi connectivity index (χ0v) is 13.2. The van der Waals surface area contributed by atoms with Crippen molar-refractivity contribution >= 4 is 28.1 Å². The van der Waals surface area contributed by atoms with Crippen LogP contribution < -0.4 is 0 Å². The number of hydrogen-bond acceptors (Lipinski definition) is 6. The second-order valence-electron chi connectivity index (χ2n) is 3.80. The van der Waals surface area contributed by atoms with Gasteiger partial charge in [-0.3, -0.25) is 0 Å². The number of sulfonamides is 1. The van der Waals surface area contributed by atoms with Crippen molar-refractivity contribution in [3.63, 3.8) is 0 Å². The number of benzene rings is 1. The summed E-state index contributed by atoms with van der Waals surface area (Å²) in [5, 5.41) is 0. The molecule has 0 saturated carbocycles. The lowest BCUT2D eigenvalue weighted by Crippen LogP contribution is -2.21. The minimum absolute atomic E-state index is 0.138. The van der Waals surface area contributed by atoms with E-state index in [2.05, 4.69) is 4.74 Å². The fourth-order valence-electron chi connectivity index (χ4n) is 1.24. The maximum Gasteiger partial charge on any atom is 0.509 e. The quantitative estimate of drug-likeness (QED) is 0.455. The van der Waals surface area contributed by atoms with Gasteiger partial charge in [-0.25, -0.2) is 13.2 Å². The summed E-state index contributed by atoms with van der Waals surface area (Å²) >= 11 is 0.859. The Hall–Kier alpha value is -1.25. The molecule has 0 fully saturated rings. The first-order chi connectivity index (χ1) is 9.37. The van der Waals surface area contributed by atoms with Crippen LogP contribution in [0.2, 0.25) is 0 Å². The minimum atomic E-state index is -3.60. The van der Waals surface area contributed by atoms with Gasteiger partial charge in [-0.15, -0.1) is 3.71 Å². The van der Waals surface area contributed by atoms with Crippen LogP contribution in [-0.2, 0) is 19.5 Å². The van der Waals surface area contributed by atoms with Crippen LogP contribution in [-0.4, -0.2) is 37.9 Å². The average Bonchev–Trinajstić information content (AvgIpc) is 2.39. The van der Waals surface area contributed by atoms with Gasteiger partial charge >= 0.3 is 6.16 Å². The molecule has 0 aliphatic rings. The number of ether oxygens (including phenoxy) is 2. The van der Waals surface area contributed by atoms with E-state index in [0.29, 0.717) is 0 Å². The van der Waals surface area contributed by atoms with Crippen molar-refractivity contribution < 1.29 is 22.7 Å². The van der Waals surface area contributed by atoms with E-state index in [0.717, 1.165) is 21.2 Å². The van der Waals surface area contributed by atoms with E-state index < -0.39 is 16.2 Å². The summed E-state index contributed by atoms with van der Waals surface area (Å²) < 4.78 is 34.7. The van der Waals surface area contributed by atoms with Crippen LogP contribution in [0.4, 0.5) is 4.79 Å². The highest BCUT2D eigenvalue weighted by molar-refractivity contribution is 8.08. The Morgan fingerprint density at radius 2 is 1.85 bits per heavy atom. The van der Waals surface area contributed by atoms with Crippen LogP contribution in [0, 0.1) is 6.92 Å². The molecule has 0 aliphatic carbocycles. The Balaban J connectivity index is 2.59. The van der Waals surface area contributed by atoms with Gasteiger partial charge in [-0.1, -0.05) is 17.7 Å². The third-order valence-electron chi connectivity index (χ3n) is 2.33. The van der Waals surface area contributed by atoms with Gasteiger partial charge in [-0.05, 0) is 37.9 Å². The fraction of sp³-hybridized carbons (Fsp3) is 0.417. The molecule has 20 heavy (non-hydrogen) atoms. The third kappa shape index (κ3) is 4.69. The molecule has 0 aliphatic heterocycles. The maximum absolute atomic E-state index is 12.2. The molecule has 1 rings (SSSR count). The number of carbonyl (C=O) groups is 1. The standard InChI is InChI=1S/C12H17NO5S2/c1-4-17-12(14)18-9-19-13(3)20(15,16)11-7-5-10(2)6-8-11/h5-8H,4,9H2,1-3H3. The van der Waals surface area contributed by atoms with Gasteiger partial charge in [0, 0.05) is 7.05 Å². The van der Waals surface area contributed by atoms with Gasteiger partial charge in [0.05, 0.1) is 11.5 Å². The Morgan fingerprint density at radius 1 is 1.25 bits per heavy atom. The molecule has 6 nitrogen and oxygen atoms in total. The third-order valence-corrected chi connectivity index (χ3v) is 5.37. The molecular weight excluding hydrogens is 302 g/mol. The van der Waals surface area contributed by atoms with Gasteiger partial charge < -0.3 is 9.47 Å². The summed E-state index contributed by atoms with van der Waals surface area (Å²) in [5.74, 6) is -0.138. The van der Waals surface area contributed by atoms with Gasteiger partial charge in [0.1, 0.15) is 0 Å². The summed E-state index contributed by atoms with van der Waals surface area (Å²) in [6, 6.07) is 6.52. The molecule has 0 aromatic heterocycles. The summed E-state index contributed by atoms with van der Waals surface area (Å²) in [6.07, 6.45) is -0.818. The summed E-state index contributed by atoms with van der Waals surface area (Å²) in [7, 11) is -2.20. The maximum atomic E-state index is 12.2. The van der Waals surface area contributed by atoms with Crippen LogP contribution in [0.5, 0.6) is 0 Å². The lowest BCUT2D eigenvalue weighted by molar-refractivity contribution is 0.0727. The number of carbonyl (C=O) groups excluding carboxylic acids is 1. The lowest BCUT2D eigenvalue weighted by atomic mass is 10.2. The van der Waals surface area contributed by atoms with Crippen molar-refractivity contribution in [2.45, 2.75) is 18.7 Å². The predicted octanol–water partition coefficient (Wildman–Crippen LogP) is 2.39. The molecule has 0 saturated heterocycles. The molecule has 0 radical (unpaired) electrons. The summed E-state index contributed by atoms with van der Waals surface area (Å²) in [5.41, 5.74) is 0.977. The molecule has 0 heterocycles. The summed E-state index contributed by atoms with van der Waals surface area (Å²) in [6.45, 7) is 3.74. The van der Waals surface area contributed by atoms with Gasteiger partial charge in [-0.2, -0.15) is 0 Å². The van der Waals surface area contributed by atoms with Crippen LogP contribution in [0.1, 0.15) is 12.5 Å². The second kappa shape index (κ2) is 7.51. The van der Waals surface area contributed by atoms with Crippen LogP contribution in [0.3, 0.4) is 0 Å². The number of rotatable bonds is 6. The van der Waals surface area contributed by atoms with Crippen LogP contribution in [0.15, 0.2) is 29.2 Å². The highest BCUT2D eigenvalue weighted by atomic mass is 32.3. The van der Waals surface area contributed by atoms with Gasteiger partial charge in [0.2, 0.25) is 0 Å². The summed E-state index contributed by atoms with van der Waals surface area (Å²) in [4.78, 5) is 11.1. The zero-order chi connectivity index (χ0) is 15.2. The molecule has 0 atom stereocenters. The molecule has 0 amide bonds. The first-order valence-electron chi connectivity index (χ1n) is 5.86. The lowest BCUT2D eigenvalue weighted by Gasteiger charge is -2.15. The first kappa shape index (κ1) is 16.8. The number of hydrogen-bond donors (Lipinski definition) is 0. The first-order valence-corrected chi connectivity index (χ1v) is 8.24. The molecule has 1 aromatic rings. The monoisotopic (exact) mass is 319 g/mol. The number of aryl methyl sites for hydroxylation is 1. The second-order valence-corrected chi connectivity index (χ2v) is 7.04. The van der Waals surface area contributed by atoms with E-state index in [4.69, 9.17) is 4.74 Å². The Labute approximate surface area is 123 Å². The van der Waals surface area contributed by atoms with Crippen molar-refractivity contribution in [2.24, 2.45) is 0 Å². The van der Waals surface area contributed by atoms with Gasteiger partial charge in [0.25, 0.3) is 10.0 Å². The molecule has 112 valence electrons. The van der Waals surface area contributed by atoms with E-state index in [1.54, 1.807) is 19.1 Å². The van der Waals surface area contributed by atoms with Crippen molar-refractivity contribution in [1.29, 1.82) is 0 Å². The molecular formula is C12H17NO5S2. The Morgan fingerprint density at radius 3 is 2.40 bits per heavy atom. The smallest absolute Gasteiger partial charge is 0.435 e. The topological polar surface area (TPSA) is 72.9 Å². The van der Waals surface area contributed by atoms with Gasteiger partial charge in [0.15, 0.2) is 5.94 Å². The molecule has 0 bridgehead atoms. The highest BCUT2D eigenvalue weighted by Crippen LogP contribution is 2.21. The molecule has 0 unspecified atom stereocenters. The normalized spacial score (nSPS) is 11.4. The molecule has 0 N–H and O–H groups in total. The highest BCUT2D eigenvalue weighted by Gasteiger charge is 2.21. The number of nitrogens with zero attached hydrogens (tertiary/aromatic N) is 1. The minimum Gasteiger partial charge on any atom is -0.435 e. The van der Waals surface area contributed by atoms with E-state index >= 15 is 0 Å². The predicted molar refractivity (Wildman–Crippen MR) is 76.7 cm³/mol. The Bertz CT molecular complexity index is 541. The van der Waals surface area contributed by atoms with Crippen molar-refractivity contribution in [3.8, 4) is 0 Å². The fourth-order valence-corrected chi connectivity index (χ4v) is 3.25.